The van der Waals surface area contributed by atoms with E-state index in [-0.39, 0.29) is 31.4 Å². The Hall–Kier alpha value is -7.64. The number of nitrogens with zero attached hydrogens (tertiary/aromatic N) is 5. The number of rotatable bonds is 19. The molecule has 5 N–H and O–H groups in total. The number of aromatic nitrogens is 4. The van der Waals surface area contributed by atoms with Gasteiger partial charge in [-0.05, 0) is 98.1 Å². The monoisotopic (exact) mass is 1010 g/mol. The van der Waals surface area contributed by atoms with Crippen molar-refractivity contribution in [1.29, 1.82) is 0 Å². The molecule has 6 aromatic carbocycles. The van der Waals surface area contributed by atoms with E-state index in [0.717, 1.165) is 44.2 Å². The van der Waals surface area contributed by atoms with E-state index < -0.39 is 0 Å². The number of ether oxygens (including phenoxy) is 4. The summed E-state index contributed by atoms with van der Waals surface area (Å²) in [5.41, 5.74) is 12.4. The first-order valence-corrected chi connectivity index (χ1v) is 24.9. The highest BCUT2D eigenvalue weighted by Gasteiger charge is 2.15. The molecule has 16 nitrogen and oxygen atoms in total. The van der Waals surface area contributed by atoms with Gasteiger partial charge in [0.1, 0.15) is 6.29 Å². The van der Waals surface area contributed by atoms with E-state index in [1.165, 1.54) is 34.7 Å². The summed E-state index contributed by atoms with van der Waals surface area (Å²) in [5.74, 6) is 7.68. The van der Waals surface area contributed by atoms with Gasteiger partial charge in [0.15, 0.2) is 33.3 Å². The average molecular weight is 1010 g/mol. The SMILES string of the molecule is CCO.CCOc1ccc(/C=N/NC(=O)CSc2nc3ccccc3n2Cc2ccccc2)cc1OC.CCOc1ccc(C=O)cc1OC.NNC(=O)CSc1nc2ccccc2n1Cc1ccccc1.[H+]. The fraction of sp³-hybridized carbons (Fsp3) is 0.222. The summed E-state index contributed by atoms with van der Waals surface area (Å²) < 4.78 is 25.5. The number of aliphatic hydroxyl groups is 1. The topological polar surface area (TPSA) is 206 Å². The maximum Gasteiger partial charge on any atom is 1.00 e. The van der Waals surface area contributed by atoms with Crippen LogP contribution in [0.1, 0.15) is 49.2 Å². The minimum Gasteiger partial charge on any atom is -0.493 e. The number of aldehydes is 1. The van der Waals surface area contributed by atoms with Crippen molar-refractivity contribution in [3.63, 3.8) is 0 Å². The van der Waals surface area contributed by atoms with Crippen LogP contribution in [0.3, 0.4) is 0 Å². The number of imidazole rings is 2. The van der Waals surface area contributed by atoms with Crippen molar-refractivity contribution >= 4 is 69.9 Å². The van der Waals surface area contributed by atoms with Gasteiger partial charge in [-0.15, -0.1) is 0 Å². The Labute approximate surface area is 429 Å². The van der Waals surface area contributed by atoms with Gasteiger partial charge in [-0.25, -0.2) is 21.2 Å². The number of nitrogens with two attached hydrogens (primary N) is 1. The van der Waals surface area contributed by atoms with Gasteiger partial charge in [-0.3, -0.25) is 19.8 Å². The van der Waals surface area contributed by atoms with Crippen molar-refractivity contribution in [3.8, 4) is 23.0 Å². The first-order chi connectivity index (χ1) is 35.2. The Morgan fingerprint density at radius 2 is 1.07 bits per heavy atom. The molecule has 0 saturated heterocycles. The molecule has 18 heteroatoms. The second-order valence-electron chi connectivity index (χ2n) is 15.0. The number of carbonyl (C=O) groups excluding carboxylic acids is 3. The number of benzene rings is 6. The van der Waals surface area contributed by atoms with Crippen LogP contribution in [0.5, 0.6) is 23.0 Å². The zero-order chi connectivity index (χ0) is 51.5. The molecule has 8 rings (SSSR count). The summed E-state index contributed by atoms with van der Waals surface area (Å²) in [6.07, 6.45) is 2.35. The highest BCUT2D eigenvalue weighted by molar-refractivity contribution is 8.00. The van der Waals surface area contributed by atoms with Crippen molar-refractivity contribution in [1.82, 2.24) is 30.0 Å². The maximum atomic E-state index is 12.4. The molecule has 2 heterocycles. The molecule has 8 aromatic rings. The first kappa shape index (κ1) is 55.3. The number of amides is 2. The van der Waals surface area contributed by atoms with E-state index in [1.807, 2.05) is 111 Å². The lowest BCUT2D eigenvalue weighted by atomic mass is 10.2. The first-order valence-electron chi connectivity index (χ1n) is 22.9. The van der Waals surface area contributed by atoms with Gasteiger partial charge in [0.25, 0.3) is 5.91 Å². The average Bonchev–Trinajstić information content (AvgIpc) is 3.95. The Kier molecular flexibility index (Phi) is 23.2. The zero-order valence-corrected chi connectivity index (χ0v) is 42.5. The Balaban J connectivity index is 0.000000253. The van der Waals surface area contributed by atoms with Gasteiger partial charge in [-0.2, -0.15) is 5.10 Å². The smallest absolute Gasteiger partial charge is 0.493 e. The highest BCUT2D eigenvalue weighted by atomic mass is 32.2. The van der Waals surface area contributed by atoms with Crippen LogP contribution in [0.15, 0.2) is 161 Å². The molecule has 0 bridgehead atoms. The molecule has 0 saturated carbocycles. The summed E-state index contributed by atoms with van der Waals surface area (Å²) in [6, 6.07) is 46.9. The number of hydrogen-bond acceptors (Lipinski definition) is 14. The number of methoxy groups -OCH3 is 2. The highest BCUT2D eigenvalue weighted by Crippen LogP contribution is 2.30. The van der Waals surface area contributed by atoms with Gasteiger partial charge in [0.05, 0.1) is 80.3 Å². The molecular formula is C54H61N8O8S2+. The third-order valence-corrected chi connectivity index (χ3v) is 11.9. The zero-order valence-electron chi connectivity index (χ0n) is 41.9. The number of aliphatic hydroxyl groups excluding tert-OH is 1. The van der Waals surface area contributed by atoms with Gasteiger partial charge < -0.3 is 33.2 Å². The van der Waals surface area contributed by atoms with Crippen LogP contribution in [0.4, 0.5) is 0 Å². The van der Waals surface area contributed by atoms with E-state index in [1.54, 1.807) is 51.6 Å². The summed E-state index contributed by atoms with van der Waals surface area (Å²) >= 11 is 2.77. The second kappa shape index (κ2) is 30.2. The van der Waals surface area contributed by atoms with Crippen LogP contribution in [0.2, 0.25) is 0 Å². The Morgan fingerprint density at radius 3 is 1.51 bits per heavy atom. The van der Waals surface area contributed by atoms with E-state index in [9.17, 15) is 14.4 Å². The number of nitrogens with one attached hydrogen (secondary N) is 2. The van der Waals surface area contributed by atoms with Crippen LogP contribution in [-0.4, -0.2) is 94.1 Å². The van der Waals surface area contributed by atoms with Crippen LogP contribution in [0, 0.1) is 0 Å². The Bertz CT molecular complexity index is 2980. The summed E-state index contributed by atoms with van der Waals surface area (Å²) in [5, 5.41) is 13.3. The number of thioether (sulfide) groups is 2. The molecule has 0 aliphatic rings. The Morgan fingerprint density at radius 1 is 0.639 bits per heavy atom. The van der Waals surface area contributed by atoms with Gasteiger partial charge in [0.2, 0.25) is 5.91 Å². The van der Waals surface area contributed by atoms with E-state index in [4.69, 9.17) is 34.9 Å². The van der Waals surface area contributed by atoms with Gasteiger partial charge >= 0.3 is 1.43 Å². The minimum absolute atomic E-state index is 0. The van der Waals surface area contributed by atoms with Gasteiger partial charge in [-0.1, -0.05) is 108 Å². The molecule has 0 fully saturated rings. The van der Waals surface area contributed by atoms with Crippen molar-refractivity contribution in [3.05, 3.63) is 168 Å². The third-order valence-electron chi connectivity index (χ3n) is 9.95. The number of hydrazone groups is 1. The number of hydrogen-bond donors (Lipinski definition) is 4. The molecule has 0 atom stereocenters. The number of para-hydroxylation sites is 4. The molecule has 0 aliphatic heterocycles. The number of carbonyl (C=O) groups is 3. The van der Waals surface area contributed by atoms with Crippen molar-refractivity contribution in [2.24, 2.45) is 10.9 Å². The third kappa shape index (κ3) is 16.8. The van der Waals surface area contributed by atoms with Crippen molar-refractivity contribution < 1.29 is 39.9 Å². The largest absolute Gasteiger partial charge is 1.00 e. The molecular weight excluding hydrogens is 953 g/mol. The minimum atomic E-state index is -0.219. The number of fused-ring (bicyclic) bond motifs is 2. The lowest BCUT2D eigenvalue weighted by Gasteiger charge is -2.09. The maximum absolute atomic E-state index is 12.4. The second-order valence-corrected chi connectivity index (χ2v) is 16.9. The van der Waals surface area contributed by atoms with Crippen LogP contribution < -0.4 is 35.6 Å². The fourth-order valence-electron chi connectivity index (χ4n) is 6.75. The predicted molar refractivity (Wildman–Crippen MR) is 288 cm³/mol. The quantitative estimate of drug-likeness (QED) is 0.0149. The molecule has 2 amide bonds. The molecule has 0 aliphatic carbocycles. The molecule has 0 unspecified atom stereocenters. The van der Waals surface area contributed by atoms with Crippen LogP contribution >= 0.6 is 23.5 Å². The lowest BCUT2D eigenvalue weighted by molar-refractivity contribution is -0.119. The molecule has 376 valence electrons. The van der Waals surface area contributed by atoms with E-state index >= 15 is 0 Å². The number of hydrazine groups is 1. The molecule has 0 spiro atoms. The molecule has 0 radical (unpaired) electrons. The van der Waals surface area contributed by atoms with E-state index in [0.29, 0.717) is 54.9 Å². The van der Waals surface area contributed by atoms with Crippen LogP contribution in [-0.2, 0) is 22.7 Å². The summed E-state index contributed by atoms with van der Waals surface area (Å²) in [4.78, 5) is 43.6. The molecule has 2 aromatic heterocycles. The standard InChI is InChI=1S/C26H26N4O3S.C16H16N4OS.C10H12O3.C2H6O/c1-3-33-23-14-13-20(15-24(23)32-2)16-27-29-25(31)18-34-26-28-21-11-7-8-12-22(21)30(26)17-19-9-5-4-6-10-19;17-19-15(21)11-22-16-18-13-8-4-5-9-14(13)20(16)10-12-6-2-1-3-7-12;1-3-13-9-5-4-8(7-11)6-10(9)12-2;1-2-3/h4-16H,3,17-18H2,1-2H3,(H,29,31);1-9H,10-11,17H2,(H,19,21);4-7H,3H2,1-2H3;3H,2H2,1H3/p+1/b27-16+;;;. The summed E-state index contributed by atoms with van der Waals surface area (Å²) in [7, 11) is 3.13. The normalized spacial score (nSPS) is 10.5. The van der Waals surface area contributed by atoms with Crippen molar-refractivity contribution in [2.45, 2.75) is 44.2 Å². The summed E-state index contributed by atoms with van der Waals surface area (Å²) in [6.45, 7) is 8.27. The van der Waals surface area contributed by atoms with Gasteiger partial charge in [0, 0.05) is 12.2 Å². The fourth-order valence-corrected chi connectivity index (χ4v) is 8.38. The lowest BCUT2D eigenvalue weighted by Crippen LogP contribution is -2.31. The predicted octanol–water partition coefficient (Wildman–Crippen LogP) is 8.92. The van der Waals surface area contributed by atoms with Crippen molar-refractivity contribution in [2.75, 3.05) is 45.5 Å². The van der Waals surface area contributed by atoms with Crippen LogP contribution in [0.25, 0.3) is 22.1 Å². The van der Waals surface area contributed by atoms with E-state index in [2.05, 4.69) is 54.3 Å². The molecule has 72 heavy (non-hydrogen) atoms.